The third-order valence-electron chi connectivity index (χ3n) is 1.44. The van der Waals surface area contributed by atoms with E-state index in [-0.39, 0.29) is 24.8 Å². The first-order valence-corrected chi connectivity index (χ1v) is 3.85. The molecule has 4 N–H and O–H groups in total. The first-order valence-electron chi connectivity index (χ1n) is 3.09. The zero-order valence-corrected chi connectivity index (χ0v) is 9.55. The van der Waals surface area contributed by atoms with Crippen LogP contribution in [0.3, 0.4) is 0 Å². The van der Waals surface area contributed by atoms with Gasteiger partial charge in [0, 0.05) is 17.8 Å². The van der Waals surface area contributed by atoms with Crippen LogP contribution in [-0.2, 0) is 6.54 Å². The summed E-state index contributed by atoms with van der Waals surface area (Å²) in [6.07, 6.45) is 0. The Balaban J connectivity index is 0. The van der Waals surface area contributed by atoms with E-state index in [2.05, 4.69) is 0 Å². The van der Waals surface area contributed by atoms with E-state index in [0.29, 0.717) is 27.8 Å². The molecule has 2 nitrogen and oxygen atoms in total. The molecule has 0 heterocycles. The van der Waals surface area contributed by atoms with Gasteiger partial charge in [0.05, 0.1) is 10.0 Å². The molecule has 76 valence electrons. The fraction of sp³-hybridized carbons (Fsp3) is 0.143. The lowest BCUT2D eigenvalue weighted by molar-refractivity contribution is -0.00100. The summed E-state index contributed by atoms with van der Waals surface area (Å²) in [6, 6.07) is 3.34. The van der Waals surface area contributed by atoms with Crippen molar-refractivity contribution in [1.29, 1.82) is 0 Å². The Hall–Kier alpha value is 0.140. The average molecular weight is 262 g/mol. The minimum Gasteiger partial charge on any atom is -1.00 e. The molecule has 0 fully saturated rings. The van der Waals surface area contributed by atoms with E-state index in [1.807, 2.05) is 0 Å². The van der Waals surface area contributed by atoms with Crippen molar-refractivity contribution in [3.05, 3.63) is 27.7 Å². The van der Waals surface area contributed by atoms with Crippen LogP contribution in [0.25, 0.3) is 0 Å². The van der Waals surface area contributed by atoms with Crippen LogP contribution >= 0.6 is 23.2 Å². The molecule has 0 spiro atoms. The van der Waals surface area contributed by atoms with Crippen LogP contribution in [0.4, 0.5) is 5.69 Å². The SMILES string of the molecule is NCc1c(N)ccc(Cl)c1Cl.[Cl-].[Cl-]. The van der Waals surface area contributed by atoms with Gasteiger partial charge < -0.3 is 36.3 Å². The van der Waals surface area contributed by atoms with Gasteiger partial charge in [-0.1, -0.05) is 23.2 Å². The predicted octanol–water partition coefficient (Wildman–Crippen LogP) is -3.96. The quantitative estimate of drug-likeness (QED) is 0.507. The summed E-state index contributed by atoms with van der Waals surface area (Å²) in [7, 11) is 0. The Morgan fingerprint density at radius 2 is 1.69 bits per heavy atom. The Labute approximate surface area is 99.4 Å². The van der Waals surface area contributed by atoms with E-state index in [0.717, 1.165) is 0 Å². The highest BCUT2D eigenvalue weighted by molar-refractivity contribution is 6.42. The zero-order chi connectivity index (χ0) is 8.43. The maximum absolute atomic E-state index is 5.81. The first-order chi connectivity index (χ1) is 5.16. The molecule has 0 aliphatic heterocycles. The molecule has 0 radical (unpaired) electrons. The molecule has 6 heteroatoms. The van der Waals surface area contributed by atoms with E-state index < -0.39 is 0 Å². The third kappa shape index (κ3) is 3.41. The van der Waals surface area contributed by atoms with Gasteiger partial charge in [-0.05, 0) is 12.1 Å². The summed E-state index contributed by atoms with van der Waals surface area (Å²) in [4.78, 5) is 0. The molecular formula is C7H8Cl4N2-2. The van der Waals surface area contributed by atoms with Gasteiger partial charge in [-0.2, -0.15) is 0 Å². The Bertz CT molecular complexity index is 277. The topological polar surface area (TPSA) is 52.0 Å². The first kappa shape index (κ1) is 15.6. The van der Waals surface area contributed by atoms with E-state index in [1.165, 1.54) is 0 Å². The van der Waals surface area contributed by atoms with E-state index >= 15 is 0 Å². The second-order valence-electron chi connectivity index (χ2n) is 2.13. The molecule has 1 rings (SSSR count). The van der Waals surface area contributed by atoms with Crippen LogP contribution < -0.4 is 36.3 Å². The second kappa shape index (κ2) is 6.57. The molecule has 0 aliphatic carbocycles. The lowest BCUT2D eigenvalue weighted by Crippen LogP contribution is -3.00. The molecule has 0 atom stereocenters. The van der Waals surface area contributed by atoms with Gasteiger partial charge in [-0.25, -0.2) is 0 Å². The average Bonchev–Trinajstić information content (AvgIpc) is 1.99. The third-order valence-corrected chi connectivity index (χ3v) is 2.28. The summed E-state index contributed by atoms with van der Waals surface area (Å²) >= 11 is 11.5. The highest BCUT2D eigenvalue weighted by atomic mass is 35.5. The summed E-state index contributed by atoms with van der Waals surface area (Å²) in [5.41, 5.74) is 12.3. The van der Waals surface area contributed by atoms with Gasteiger partial charge >= 0.3 is 0 Å². The van der Waals surface area contributed by atoms with Gasteiger partial charge in [0.25, 0.3) is 0 Å². The summed E-state index contributed by atoms with van der Waals surface area (Å²) in [5, 5.41) is 0.940. The Morgan fingerprint density at radius 1 is 1.15 bits per heavy atom. The van der Waals surface area contributed by atoms with Crippen LogP contribution in [0.15, 0.2) is 12.1 Å². The van der Waals surface area contributed by atoms with Gasteiger partial charge in [-0.15, -0.1) is 0 Å². The maximum Gasteiger partial charge on any atom is 0.0657 e. The molecule has 0 unspecified atom stereocenters. The van der Waals surface area contributed by atoms with Crippen LogP contribution in [0.5, 0.6) is 0 Å². The smallest absolute Gasteiger partial charge is 0.0657 e. The maximum atomic E-state index is 5.81. The molecule has 0 amide bonds. The number of nitrogen functional groups attached to an aromatic ring is 1. The fourth-order valence-electron chi connectivity index (χ4n) is 0.815. The highest BCUT2D eigenvalue weighted by Gasteiger charge is 2.05. The van der Waals surface area contributed by atoms with Crippen molar-refractivity contribution in [3.63, 3.8) is 0 Å². The fourth-order valence-corrected chi connectivity index (χ4v) is 1.24. The molecule has 1 aromatic carbocycles. The van der Waals surface area contributed by atoms with Gasteiger partial charge in [0.1, 0.15) is 0 Å². The van der Waals surface area contributed by atoms with Crippen molar-refractivity contribution < 1.29 is 24.8 Å². The predicted molar refractivity (Wildman–Crippen MR) is 48.8 cm³/mol. The van der Waals surface area contributed by atoms with Crippen LogP contribution in [-0.4, -0.2) is 0 Å². The number of anilines is 1. The summed E-state index contributed by atoms with van der Waals surface area (Å²) in [5.74, 6) is 0. The number of hydrogen-bond donors (Lipinski definition) is 2. The molecule has 1 aromatic rings. The van der Waals surface area contributed by atoms with Crippen molar-refractivity contribution in [1.82, 2.24) is 0 Å². The van der Waals surface area contributed by atoms with E-state index in [4.69, 9.17) is 34.7 Å². The van der Waals surface area contributed by atoms with Gasteiger partial charge in [-0.3, -0.25) is 0 Å². The molecule has 0 aromatic heterocycles. The van der Waals surface area contributed by atoms with Crippen molar-refractivity contribution in [3.8, 4) is 0 Å². The second-order valence-corrected chi connectivity index (χ2v) is 2.92. The van der Waals surface area contributed by atoms with Gasteiger partial charge in [0.2, 0.25) is 0 Å². The van der Waals surface area contributed by atoms with E-state index in [1.54, 1.807) is 12.1 Å². The van der Waals surface area contributed by atoms with Crippen LogP contribution in [0.2, 0.25) is 10.0 Å². The molecule has 0 saturated heterocycles. The van der Waals surface area contributed by atoms with E-state index in [9.17, 15) is 0 Å². The molecular weight excluding hydrogens is 254 g/mol. The number of rotatable bonds is 1. The number of benzene rings is 1. The molecule has 0 bridgehead atoms. The van der Waals surface area contributed by atoms with Crippen molar-refractivity contribution in [2.24, 2.45) is 5.73 Å². The van der Waals surface area contributed by atoms with Crippen molar-refractivity contribution in [2.45, 2.75) is 6.54 Å². The normalized spacial score (nSPS) is 8.54. The zero-order valence-electron chi connectivity index (χ0n) is 6.53. The van der Waals surface area contributed by atoms with Crippen LogP contribution in [0.1, 0.15) is 5.56 Å². The molecule has 0 aliphatic rings. The highest BCUT2D eigenvalue weighted by Crippen LogP contribution is 2.29. The number of hydrogen-bond acceptors (Lipinski definition) is 2. The van der Waals surface area contributed by atoms with Gasteiger partial charge in [0.15, 0.2) is 0 Å². The lowest BCUT2D eigenvalue weighted by atomic mass is 10.2. The minimum absolute atomic E-state index is 0. The van der Waals surface area contributed by atoms with Crippen LogP contribution in [0, 0.1) is 0 Å². The largest absolute Gasteiger partial charge is 1.00 e. The van der Waals surface area contributed by atoms with Crippen molar-refractivity contribution in [2.75, 3.05) is 5.73 Å². The monoisotopic (exact) mass is 260 g/mol. The molecule has 13 heavy (non-hydrogen) atoms. The lowest BCUT2D eigenvalue weighted by Gasteiger charge is -2.05. The number of halogens is 4. The number of nitrogens with two attached hydrogens (primary N) is 2. The standard InChI is InChI=1S/C7H8Cl2N2.2ClH/c8-5-1-2-6(11)4(3-10)7(5)9;;/h1-2H,3,10-11H2;2*1H/p-2. The van der Waals surface area contributed by atoms with Crippen molar-refractivity contribution >= 4 is 28.9 Å². The summed E-state index contributed by atoms with van der Waals surface area (Å²) in [6.45, 7) is 0.311. The Morgan fingerprint density at radius 3 is 2.08 bits per heavy atom. The summed E-state index contributed by atoms with van der Waals surface area (Å²) < 4.78 is 0. The molecule has 0 saturated carbocycles. The Kier molecular flexibility index (Phi) is 7.89. The minimum atomic E-state index is 0.